The molecule has 0 saturated carbocycles. The predicted molar refractivity (Wildman–Crippen MR) is 86.3 cm³/mol. The molecule has 24 heavy (non-hydrogen) atoms. The monoisotopic (exact) mass is 338 g/mol. The van der Waals surface area contributed by atoms with Crippen LogP contribution in [-0.2, 0) is 16.1 Å². The van der Waals surface area contributed by atoms with Gasteiger partial charge in [0.2, 0.25) is 0 Å². The summed E-state index contributed by atoms with van der Waals surface area (Å²) < 4.78 is 24.3. The van der Waals surface area contributed by atoms with Crippen molar-refractivity contribution < 1.29 is 23.5 Å². The molecule has 1 N–H and O–H groups in total. The number of benzene rings is 1. The van der Waals surface area contributed by atoms with Crippen LogP contribution in [0.3, 0.4) is 0 Å². The summed E-state index contributed by atoms with van der Waals surface area (Å²) in [6.07, 6.45) is -2.66. The first-order chi connectivity index (χ1) is 11.2. The zero-order valence-corrected chi connectivity index (χ0v) is 14.1. The molecular formula is C17H23FN2O4. The molecule has 1 aliphatic heterocycles. The number of alkyl carbamates (subject to hydrolysis) is 1. The average molecular weight is 338 g/mol. The van der Waals surface area contributed by atoms with Gasteiger partial charge in [-0.15, -0.1) is 0 Å². The molecule has 6 nitrogen and oxygen atoms in total. The number of carbonyl (C=O) groups is 2. The molecule has 0 aliphatic carbocycles. The Kier molecular flexibility index (Phi) is 5.64. The Morgan fingerprint density at radius 3 is 2.54 bits per heavy atom. The van der Waals surface area contributed by atoms with Crippen LogP contribution in [0.25, 0.3) is 0 Å². The molecule has 2 atom stereocenters. The number of nitrogens with one attached hydrogen (secondary N) is 1. The van der Waals surface area contributed by atoms with E-state index in [1.807, 2.05) is 30.3 Å². The van der Waals surface area contributed by atoms with Crippen LogP contribution in [0.15, 0.2) is 30.3 Å². The molecular weight excluding hydrogens is 315 g/mol. The molecule has 7 heteroatoms. The smallest absolute Gasteiger partial charge is 0.410 e. The fraction of sp³-hybridized carbons (Fsp3) is 0.529. The van der Waals surface area contributed by atoms with Crippen molar-refractivity contribution in [3.8, 4) is 0 Å². The van der Waals surface area contributed by atoms with E-state index in [9.17, 15) is 14.0 Å². The molecule has 2 rings (SSSR count). The largest absolute Gasteiger partial charge is 0.445 e. The number of nitrogens with zero attached hydrogens (tertiary/aromatic N) is 1. The normalized spacial score (nSPS) is 20.6. The van der Waals surface area contributed by atoms with Crippen LogP contribution in [0, 0.1) is 0 Å². The maximum atomic E-state index is 14.0. The minimum Gasteiger partial charge on any atom is -0.445 e. The lowest BCUT2D eigenvalue weighted by molar-refractivity contribution is 0.0281. The van der Waals surface area contributed by atoms with E-state index in [4.69, 9.17) is 9.47 Å². The predicted octanol–water partition coefficient (Wildman–Crippen LogP) is 2.87. The van der Waals surface area contributed by atoms with Gasteiger partial charge in [0.25, 0.3) is 0 Å². The number of amides is 2. The van der Waals surface area contributed by atoms with Crippen LogP contribution >= 0.6 is 0 Å². The van der Waals surface area contributed by atoms with Gasteiger partial charge in [0, 0.05) is 6.54 Å². The number of alkyl halides is 1. The number of hydrogen-bond acceptors (Lipinski definition) is 4. The van der Waals surface area contributed by atoms with Crippen LogP contribution in [0.5, 0.6) is 0 Å². The minimum atomic E-state index is -1.36. The van der Waals surface area contributed by atoms with Crippen molar-refractivity contribution in [2.24, 2.45) is 0 Å². The third-order valence-electron chi connectivity index (χ3n) is 3.42. The maximum Gasteiger partial charge on any atom is 0.410 e. The Bertz CT molecular complexity index is 574. The van der Waals surface area contributed by atoms with Crippen molar-refractivity contribution in [3.05, 3.63) is 35.9 Å². The summed E-state index contributed by atoms with van der Waals surface area (Å²) in [5.74, 6) is 0. The molecule has 1 aromatic carbocycles. The van der Waals surface area contributed by atoms with Crippen LogP contribution in [0.1, 0.15) is 26.3 Å². The maximum absolute atomic E-state index is 14.0. The Hall–Kier alpha value is -2.31. The lowest BCUT2D eigenvalue weighted by Crippen LogP contribution is -2.42. The van der Waals surface area contributed by atoms with Crippen molar-refractivity contribution in [3.63, 3.8) is 0 Å². The molecule has 0 spiro atoms. The van der Waals surface area contributed by atoms with E-state index in [0.29, 0.717) is 0 Å². The Labute approximate surface area is 140 Å². The number of likely N-dealkylation sites (tertiary alicyclic amines) is 1. The van der Waals surface area contributed by atoms with Crippen molar-refractivity contribution in [1.82, 2.24) is 10.2 Å². The van der Waals surface area contributed by atoms with Gasteiger partial charge >= 0.3 is 12.2 Å². The second-order valence-corrected chi connectivity index (χ2v) is 6.71. The van der Waals surface area contributed by atoms with Gasteiger partial charge in [-0.05, 0) is 26.3 Å². The molecule has 1 aliphatic rings. The number of hydrogen-bond donors (Lipinski definition) is 1. The highest BCUT2D eigenvalue weighted by atomic mass is 19.1. The molecule has 1 aromatic rings. The second-order valence-electron chi connectivity index (χ2n) is 6.71. The van der Waals surface area contributed by atoms with Crippen LogP contribution in [-0.4, -0.2) is 48.0 Å². The lowest BCUT2D eigenvalue weighted by Gasteiger charge is -2.24. The molecule has 0 unspecified atom stereocenters. The molecule has 1 fully saturated rings. The van der Waals surface area contributed by atoms with E-state index in [2.05, 4.69) is 5.32 Å². The van der Waals surface area contributed by atoms with Gasteiger partial charge < -0.3 is 19.7 Å². The van der Waals surface area contributed by atoms with Crippen molar-refractivity contribution in [2.45, 2.75) is 45.2 Å². The van der Waals surface area contributed by atoms with Crippen LogP contribution in [0.2, 0.25) is 0 Å². The summed E-state index contributed by atoms with van der Waals surface area (Å²) in [6, 6.07) is 8.38. The SMILES string of the molecule is CC(C)(C)OC(=O)N1C[C@@H](F)[C@@H](NC(=O)OCc2ccccc2)C1. The average Bonchev–Trinajstić information content (AvgIpc) is 2.86. The molecule has 132 valence electrons. The van der Waals surface area contributed by atoms with E-state index < -0.39 is 30.0 Å². The summed E-state index contributed by atoms with van der Waals surface area (Å²) in [5, 5.41) is 2.46. The summed E-state index contributed by atoms with van der Waals surface area (Å²) in [7, 11) is 0. The zero-order valence-electron chi connectivity index (χ0n) is 14.1. The Morgan fingerprint density at radius 2 is 1.92 bits per heavy atom. The zero-order chi connectivity index (χ0) is 17.7. The van der Waals surface area contributed by atoms with E-state index in [1.54, 1.807) is 20.8 Å². The quantitative estimate of drug-likeness (QED) is 0.920. The summed E-state index contributed by atoms with van der Waals surface area (Å²) >= 11 is 0. The molecule has 1 saturated heterocycles. The summed E-state index contributed by atoms with van der Waals surface area (Å²) in [5.41, 5.74) is 0.189. The number of carbonyl (C=O) groups excluding carboxylic acids is 2. The first kappa shape index (κ1) is 18.0. The van der Waals surface area contributed by atoms with Crippen LogP contribution in [0.4, 0.5) is 14.0 Å². The van der Waals surface area contributed by atoms with E-state index in [-0.39, 0.29) is 19.7 Å². The van der Waals surface area contributed by atoms with E-state index in [1.165, 1.54) is 4.90 Å². The van der Waals surface area contributed by atoms with Crippen molar-refractivity contribution in [1.29, 1.82) is 0 Å². The summed E-state index contributed by atoms with van der Waals surface area (Å²) in [4.78, 5) is 25.0. The van der Waals surface area contributed by atoms with E-state index >= 15 is 0 Å². The molecule has 0 aromatic heterocycles. The van der Waals surface area contributed by atoms with Gasteiger partial charge in [0.15, 0.2) is 0 Å². The lowest BCUT2D eigenvalue weighted by atomic mass is 10.2. The summed E-state index contributed by atoms with van der Waals surface area (Å²) in [6.45, 7) is 5.26. The Balaban J connectivity index is 1.80. The standard InChI is InChI=1S/C17H23FN2O4/c1-17(2,3)24-16(22)20-9-13(18)14(10-20)19-15(21)23-11-12-7-5-4-6-8-12/h4-8,13-14H,9-11H2,1-3H3,(H,19,21)/t13-,14+/m1/s1. The number of rotatable bonds is 3. The first-order valence-electron chi connectivity index (χ1n) is 7.84. The highest BCUT2D eigenvalue weighted by Gasteiger charge is 2.38. The number of ether oxygens (including phenoxy) is 2. The Morgan fingerprint density at radius 1 is 1.25 bits per heavy atom. The molecule has 0 bridgehead atoms. The van der Waals surface area contributed by atoms with Gasteiger partial charge in [-0.3, -0.25) is 0 Å². The third kappa shape index (κ3) is 5.40. The van der Waals surface area contributed by atoms with Gasteiger partial charge in [0.1, 0.15) is 18.4 Å². The van der Waals surface area contributed by atoms with Crippen molar-refractivity contribution >= 4 is 12.2 Å². The van der Waals surface area contributed by atoms with Gasteiger partial charge in [-0.2, -0.15) is 0 Å². The highest BCUT2D eigenvalue weighted by Crippen LogP contribution is 2.18. The molecule has 0 radical (unpaired) electrons. The highest BCUT2D eigenvalue weighted by molar-refractivity contribution is 5.70. The number of halogens is 1. The topological polar surface area (TPSA) is 67.9 Å². The third-order valence-corrected chi connectivity index (χ3v) is 3.42. The van der Waals surface area contributed by atoms with Crippen molar-refractivity contribution in [2.75, 3.05) is 13.1 Å². The van der Waals surface area contributed by atoms with Gasteiger partial charge in [-0.25, -0.2) is 14.0 Å². The second kappa shape index (κ2) is 7.51. The minimum absolute atomic E-state index is 0.0521. The fourth-order valence-electron chi connectivity index (χ4n) is 2.29. The first-order valence-corrected chi connectivity index (χ1v) is 7.84. The molecule has 1 heterocycles. The molecule has 2 amide bonds. The van der Waals surface area contributed by atoms with Crippen LogP contribution < -0.4 is 5.32 Å². The van der Waals surface area contributed by atoms with Gasteiger partial charge in [-0.1, -0.05) is 30.3 Å². The fourth-order valence-corrected chi connectivity index (χ4v) is 2.29. The van der Waals surface area contributed by atoms with E-state index in [0.717, 1.165) is 5.56 Å². The van der Waals surface area contributed by atoms with Gasteiger partial charge in [0.05, 0.1) is 12.6 Å².